The Bertz CT molecular complexity index is 567. The zero-order chi connectivity index (χ0) is 12.6. The van der Waals surface area contributed by atoms with Crippen molar-refractivity contribution in [3.05, 3.63) is 35.5 Å². The first-order valence-electron chi connectivity index (χ1n) is 5.94. The number of nitrogens with two attached hydrogens (primary N) is 1. The van der Waals surface area contributed by atoms with Crippen LogP contribution in [-0.4, -0.2) is 16.4 Å². The summed E-state index contributed by atoms with van der Waals surface area (Å²) in [6, 6.07) is 5.69. The number of carbonyl (C=O) groups is 1. The van der Waals surface area contributed by atoms with Gasteiger partial charge in [-0.3, -0.25) is 4.79 Å². The molecule has 0 aliphatic heterocycles. The first kappa shape index (κ1) is 11.9. The molecule has 1 aromatic heterocycles. The fourth-order valence-corrected chi connectivity index (χ4v) is 2.11. The molecule has 0 amide bonds. The van der Waals surface area contributed by atoms with Gasteiger partial charge in [0.15, 0.2) is 5.78 Å². The van der Waals surface area contributed by atoms with Crippen LogP contribution in [0.15, 0.2) is 24.4 Å². The number of benzene rings is 1. The molecular weight excluding hydrogens is 212 g/mol. The smallest absolute Gasteiger partial charge is 0.181 e. The Balaban J connectivity index is 2.69. The normalized spacial score (nSPS) is 12.9. The van der Waals surface area contributed by atoms with Crippen LogP contribution >= 0.6 is 0 Å². The summed E-state index contributed by atoms with van der Waals surface area (Å²) in [5.74, 6) is 0.00560. The molecule has 3 heteroatoms. The summed E-state index contributed by atoms with van der Waals surface area (Å²) in [4.78, 5) is 12.0. The van der Waals surface area contributed by atoms with Gasteiger partial charge in [-0.2, -0.15) is 0 Å². The average Bonchev–Trinajstić information content (AvgIpc) is 2.65. The topological polar surface area (TPSA) is 48.0 Å². The minimum Gasteiger partial charge on any atom is -0.347 e. The number of hydrogen-bond acceptors (Lipinski definition) is 2. The average molecular weight is 230 g/mol. The molecule has 1 unspecified atom stereocenters. The molecule has 0 radical (unpaired) electrons. The molecule has 90 valence electrons. The van der Waals surface area contributed by atoms with Gasteiger partial charge in [-0.05, 0) is 32.4 Å². The predicted molar refractivity (Wildman–Crippen MR) is 70.3 cm³/mol. The van der Waals surface area contributed by atoms with Crippen molar-refractivity contribution in [2.75, 3.05) is 0 Å². The van der Waals surface area contributed by atoms with E-state index >= 15 is 0 Å². The molecule has 0 aliphatic carbocycles. The summed E-state index contributed by atoms with van der Waals surface area (Å²) in [5, 5.41) is 1.000. The molecular formula is C14H18N2O. The molecule has 0 saturated heterocycles. The van der Waals surface area contributed by atoms with Crippen molar-refractivity contribution in [1.29, 1.82) is 0 Å². The zero-order valence-electron chi connectivity index (χ0n) is 10.5. The van der Waals surface area contributed by atoms with Crippen LogP contribution in [0.5, 0.6) is 0 Å². The number of carbonyl (C=O) groups excluding carboxylic acids is 1. The highest BCUT2D eigenvalue weighted by Crippen LogP contribution is 2.23. The van der Waals surface area contributed by atoms with E-state index < -0.39 is 6.04 Å². The summed E-state index contributed by atoms with van der Waals surface area (Å²) >= 11 is 0. The molecule has 1 heterocycles. The Kier molecular flexibility index (Phi) is 3.03. The van der Waals surface area contributed by atoms with Crippen molar-refractivity contribution >= 4 is 16.7 Å². The lowest BCUT2D eigenvalue weighted by Crippen LogP contribution is -2.26. The SMILES string of the molecule is CCn1cc(C(=O)C(C)N)c2ccc(C)cc21. The maximum absolute atomic E-state index is 12.0. The Labute approximate surface area is 101 Å². The van der Waals surface area contributed by atoms with E-state index in [2.05, 4.69) is 24.5 Å². The lowest BCUT2D eigenvalue weighted by molar-refractivity contribution is 0.0969. The lowest BCUT2D eigenvalue weighted by Gasteiger charge is -2.02. The predicted octanol–water partition coefficient (Wildman–Crippen LogP) is 2.50. The van der Waals surface area contributed by atoms with Crippen LogP contribution in [0.1, 0.15) is 29.8 Å². The van der Waals surface area contributed by atoms with Crippen molar-refractivity contribution in [1.82, 2.24) is 4.57 Å². The quantitative estimate of drug-likeness (QED) is 0.823. The van der Waals surface area contributed by atoms with Crippen LogP contribution < -0.4 is 5.73 Å². The molecule has 1 aromatic carbocycles. The molecule has 0 spiro atoms. The van der Waals surface area contributed by atoms with E-state index in [1.807, 2.05) is 18.3 Å². The highest BCUT2D eigenvalue weighted by atomic mass is 16.1. The van der Waals surface area contributed by atoms with Crippen LogP contribution in [0.2, 0.25) is 0 Å². The van der Waals surface area contributed by atoms with Gasteiger partial charge >= 0.3 is 0 Å². The summed E-state index contributed by atoms with van der Waals surface area (Å²) < 4.78 is 2.10. The number of fused-ring (bicyclic) bond motifs is 1. The zero-order valence-corrected chi connectivity index (χ0v) is 10.5. The minimum absolute atomic E-state index is 0.00560. The Morgan fingerprint density at radius 3 is 2.76 bits per heavy atom. The summed E-state index contributed by atoms with van der Waals surface area (Å²) in [6.07, 6.45) is 1.91. The van der Waals surface area contributed by atoms with Gasteiger partial charge in [0.25, 0.3) is 0 Å². The van der Waals surface area contributed by atoms with Crippen molar-refractivity contribution in [2.24, 2.45) is 5.73 Å². The van der Waals surface area contributed by atoms with Gasteiger partial charge in [-0.15, -0.1) is 0 Å². The number of ketones is 1. The van der Waals surface area contributed by atoms with Gasteiger partial charge in [0, 0.05) is 29.2 Å². The molecule has 2 N–H and O–H groups in total. The molecule has 17 heavy (non-hydrogen) atoms. The first-order valence-corrected chi connectivity index (χ1v) is 5.94. The third kappa shape index (κ3) is 1.98. The Morgan fingerprint density at radius 2 is 2.18 bits per heavy atom. The van der Waals surface area contributed by atoms with E-state index in [4.69, 9.17) is 5.73 Å². The lowest BCUT2D eigenvalue weighted by atomic mass is 10.0. The van der Waals surface area contributed by atoms with Crippen LogP contribution in [-0.2, 0) is 6.54 Å². The molecule has 0 aliphatic rings. The Morgan fingerprint density at radius 1 is 1.47 bits per heavy atom. The second-order valence-electron chi connectivity index (χ2n) is 4.50. The molecule has 1 atom stereocenters. The van der Waals surface area contributed by atoms with Gasteiger partial charge < -0.3 is 10.3 Å². The van der Waals surface area contributed by atoms with E-state index in [1.54, 1.807) is 6.92 Å². The number of nitrogens with zero attached hydrogens (tertiary/aromatic N) is 1. The van der Waals surface area contributed by atoms with Crippen LogP contribution in [0, 0.1) is 6.92 Å². The van der Waals surface area contributed by atoms with Crippen LogP contribution in [0.25, 0.3) is 10.9 Å². The van der Waals surface area contributed by atoms with E-state index in [9.17, 15) is 4.79 Å². The van der Waals surface area contributed by atoms with Gasteiger partial charge in [-0.25, -0.2) is 0 Å². The largest absolute Gasteiger partial charge is 0.347 e. The molecule has 2 aromatic rings. The number of aryl methyl sites for hydroxylation is 2. The number of Topliss-reactive ketones (excluding diaryl/α,β-unsaturated/α-hetero) is 1. The summed E-state index contributed by atoms with van der Waals surface area (Å²) in [6.45, 7) is 6.71. The van der Waals surface area contributed by atoms with E-state index in [-0.39, 0.29) is 5.78 Å². The monoisotopic (exact) mass is 230 g/mol. The highest BCUT2D eigenvalue weighted by molar-refractivity contribution is 6.10. The minimum atomic E-state index is -0.452. The number of rotatable bonds is 3. The van der Waals surface area contributed by atoms with Crippen LogP contribution in [0.3, 0.4) is 0 Å². The first-order chi connectivity index (χ1) is 8.04. The van der Waals surface area contributed by atoms with Gasteiger partial charge in [-0.1, -0.05) is 12.1 Å². The van der Waals surface area contributed by atoms with Crippen molar-refractivity contribution in [3.63, 3.8) is 0 Å². The van der Waals surface area contributed by atoms with Gasteiger partial charge in [0.05, 0.1) is 6.04 Å². The molecule has 0 bridgehead atoms. The molecule has 0 fully saturated rings. The third-order valence-corrected chi connectivity index (χ3v) is 3.06. The number of aromatic nitrogens is 1. The Hall–Kier alpha value is -1.61. The molecule has 3 nitrogen and oxygen atoms in total. The van der Waals surface area contributed by atoms with Crippen molar-refractivity contribution < 1.29 is 4.79 Å². The maximum Gasteiger partial charge on any atom is 0.181 e. The van der Waals surface area contributed by atoms with E-state index in [0.717, 1.165) is 23.0 Å². The fourth-order valence-electron chi connectivity index (χ4n) is 2.11. The maximum atomic E-state index is 12.0. The molecule has 0 saturated carbocycles. The standard InChI is InChI=1S/C14H18N2O/c1-4-16-8-12(14(17)10(3)15)11-6-5-9(2)7-13(11)16/h5-8,10H,4,15H2,1-3H3. The van der Waals surface area contributed by atoms with Gasteiger partial charge in [0.2, 0.25) is 0 Å². The summed E-state index contributed by atoms with van der Waals surface area (Å²) in [7, 11) is 0. The van der Waals surface area contributed by atoms with Gasteiger partial charge in [0.1, 0.15) is 0 Å². The number of hydrogen-bond donors (Lipinski definition) is 1. The molecule has 2 rings (SSSR count). The van der Waals surface area contributed by atoms with Crippen LogP contribution in [0.4, 0.5) is 0 Å². The third-order valence-electron chi connectivity index (χ3n) is 3.06. The van der Waals surface area contributed by atoms with Crippen molar-refractivity contribution in [3.8, 4) is 0 Å². The van der Waals surface area contributed by atoms with E-state index in [0.29, 0.717) is 0 Å². The second kappa shape index (κ2) is 4.34. The highest BCUT2D eigenvalue weighted by Gasteiger charge is 2.17. The second-order valence-corrected chi connectivity index (χ2v) is 4.50. The van der Waals surface area contributed by atoms with E-state index in [1.165, 1.54) is 5.56 Å². The van der Waals surface area contributed by atoms with Crippen molar-refractivity contribution in [2.45, 2.75) is 33.4 Å². The fraction of sp³-hybridized carbons (Fsp3) is 0.357. The summed E-state index contributed by atoms with van der Waals surface area (Å²) in [5.41, 5.74) is 8.72.